The Bertz CT molecular complexity index is 1360. The summed E-state index contributed by atoms with van der Waals surface area (Å²) in [5.74, 6) is 1.34. The van der Waals surface area contributed by atoms with Crippen LogP contribution in [0.3, 0.4) is 0 Å². The summed E-state index contributed by atoms with van der Waals surface area (Å²) >= 11 is 1.61. The van der Waals surface area contributed by atoms with Gasteiger partial charge in [0.25, 0.3) is 5.91 Å². The van der Waals surface area contributed by atoms with E-state index in [1.165, 1.54) is 12.4 Å². The Balaban J connectivity index is 1.48. The minimum atomic E-state index is -0.666. The number of anilines is 2. The maximum atomic E-state index is 11.5. The first-order valence-corrected chi connectivity index (χ1v) is 11.7. The van der Waals surface area contributed by atoms with E-state index in [0.717, 1.165) is 39.6 Å². The number of aromatic nitrogens is 4. The van der Waals surface area contributed by atoms with Gasteiger partial charge in [-0.2, -0.15) is 0 Å². The van der Waals surface area contributed by atoms with E-state index in [1.54, 1.807) is 35.0 Å². The quantitative estimate of drug-likeness (QED) is 0.271. The van der Waals surface area contributed by atoms with Crippen molar-refractivity contribution in [2.75, 3.05) is 43.2 Å². The first-order chi connectivity index (χ1) is 17.0. The van der Waals surface area contributed by atoms with Gasteiger partial charge in [0.15, 0.2) is 11.6 Å². The number of hydrogen-bond donors (Lipinski definition) is 3. The smallest absolute Gasteiger partial charge is 0.277 e. The highest BCUT2D eigenvalue weighted by Gasteiger charge is 2.21. The highest BCUT2D eigenvalue weighted by atomic mass is 32.1. The maximum absolute atomic E-state index is 11.5. The lowest BCUT2D eigenvalue weighted by molar-refractivity contribution is 0.0705. The largest absolute Gasteiger partial charge is 0.508 e. The van der Waals surface area contributed by atoms with E-state index >= 15 is 0 Å². The number of hydrogen-bond acceptors (Lipinski definition) is 11. The Labute approximate surface area is 204 Å². The van der Waals surface area contributed by atoms with E-state index in [9.17, 15) is 9.90 Å². The van der Waals surface area contributed by atoms with Crippen molar-refractivity contribution in [1.29, 1.82) is 0 Å². The number of nitrogens with zero attached hydrogens (tertiary/aromatic N) is 6. The number of hydroxylamine groups is 1. The van der Waals surface area contributed by atoms with Crippen LogP contribution in [-0.2, 0) is 11.3 Å². The molecule has 1 saturated heterocycles. The minimum absolute atomic E-state index is 0.161. The summed E-state index contributed by atoms with van der Waals surface area (Å²) in [6.45, 7) is 3.27. The van der Waals surface area contributed by atoms with E-state index in [2.05, 4.69) is 14.9 Å². The van der Waals surface area contributed by atoms with Crippen LogP contribution in [0.2, 0.25) is 0 Å². The van der Waals surface area contributed by atoms with Gasteiger partial charge in [0.2, 0.25) is 5.95 Å². The number of carbonyl (C=O) groups is 1. The SMILES string of the molecule is CN(Cc1cc2nc(-c3cccc(O)c3)nc(N3CCOCC3)c2s1)c1ncc(C(=O)NO)cn1. The van der Waals surface area contributed by atoms with E-state index < -0.39 is 5.91 Å². The molecule has 5 rings (SSSR count). The number of carbonyl (C=O) groups excluding carboxylic acids is 1. The van der Waals surface area contributed by atoms with Gasteiger partial charge >= 0.3 is 0 Å². The van der Waals surface area contributed by atoms with Crippen molar-refractivity contribution in [2.45, 2.75) is 6.54 Å². The van der Waals surface area contributed by atoms with Gasteiger partial charge in [0.05, 0.1) is 35.5 Å². The topological polar surface area (TPSA) is 137 Å². The Morgan fingerprint density at radius 1 is 1.20 bits per heavy atom. The van der Waals surface area contributed by atoms with Gasteiger partial charge in [-0.25, -0.2) is 25.4 Å². The summed E-state index contributed by atoms with van der Waals surface area (Å²) in [4.78, 5) is 34.7. The number of ether oxygens (including phenoxy) is 1. The molecule has 0 unspecified atom stereocenters. The van der Waals surface area contributed by atoms with Gasteiger partial charge in [-0.3, -0.25) is 10.0 Å². The number of phenolic OH excluding ortho intramolecular Hbond substituents is 1. The Hall–Kier alpha value is -3.87. The fraction of sp³-hybridized carbons (Fsp3) is 0.261. The molecule has 0 saturated carbocycles. The zero-order chi connectivity index (χ0) is 24.4. The summed E-state index contributed by atoms with van der Waals surface area (Å²) in [6.07, 6.45) is 2.72. The fourth-order valence-corrected chi connectivity index (χ4v) is 4.98. The predicted octanol–water partition coefficient (Wildman–Crippen LogP) is 2.45. The minimum Gasteiger partial charge on any atom is -0.508 e. The number of thiophene rings is 1. The molecule has 11 nitrogen and oxygen atoms in total. The van der Waals surface area contributed by atoms with Crippen LogP contribution in [0, 0.1) is 0 Å². The van der Waals surface area contributed by atoms with E-state index in [4.69, 9.17) is 19.9 Å². The molecule has 1 aliphatic rings. The molecule has 4 aromatic rings. The summed E-state index contributed by atoms with van der Waals surface area (Å²) in [6, 6.07) is 8.96. The molecule has 0 radical (unpaired) electrons. The van der Waals surface area contributed by atoms with Crippen molar-refractivity contribution in [3.05, 3.63) is 53.2 Å². The number of fused-ring (bicyclic) bond motifs is 1. The summed E-state index contributed by atoms with van der Waals surface area (Å²) < 4.78 is 6.51. The van der Waals surface area contributed by atoms with E-state index in [-0.39, 0.29) is 11.3 Å². The number of morpholine rings is 1. The number of benzene rings is 1. The number of rotatable bonds is 6. The molecule has 4 heterocycles. The first-order valence-electron chi connectivity index (χ1n) is 10.9. The molecule has 0 bridgehead atoms. The molecule has 1 aromatic carbocycles. The fourth-order valence-electron chi connectivity index (χ4n) is 3.81. The molecule has 0 aliphatic carbocycles. The lowest BCUT2D eigenvalue weighted by Crippen LogP contribution is -2.36. The zero-order valence-corrected chi connectivity index (χ0v) is 19.7. The lowest BCUT2D eigenvalue weighted by Gasteiger charge is -2.28. The van der Waals surface area contributed by atoms with E-state index in [0.29, 0.717) is 31.5 Å². The second-order valence-corrected chi connectivity index (χ2v) is 9.15. The van der Waals surface area contributed by atoms with Gasteiger partial charge < -0.3 is 19.6 Å². The van der Waals surface area contributed by atoms with Crippen LogP contribution < -0.4 is 15.3 Å². The van der Waals surface area contributed by atoms with Gasteiger partial charge in [-0.05, 0) is 18.2 Å². The van der Waals surface area contributed by atoms with Crippen molar-refractivity contribution in [3.8, 4) is 17.1 Å². The van der Waals surface area contributed by atoms with Crippen molar-refractivity contribution in [1.82, 2.24) is 25.4 Å². The summed E-state index contributed by atoms with van der Waals surface area (Å²) in [7, 11) is 1.86. The third-order valence-corrected chi connectivity index (χ3v) is 6.66. The van der Waals surface area contributed by atoms with Crippen LogP contribution in [0.15, 0.2) is 42.7 Å². The second-order valence-electron chi connectivity index (χ2n) is 8.02. The Morgan fingerprint density at radius 2 is 1.97 bits per heavy atom. The highest BCUT2D eigenvalue weighted by molar-refractivity contribution is 7.19. The third kappa shape index (κ3) is 4.85. The number of phenols is 1. The first kappa shape index (κ1) is 22.9. The van der Waals surface area contributed by atoms with Gasteiger partial charge in [0, 0.05) is 43.0 Å². The van der Waals surface area contributed by atoms with Crippen LogP contribution in [0.25, 0.3) is 21.6 Å². The molecule has 35 heavy (non-hydrogen) atoms. The van der Waals surface area contributed by atoms with Crippen molar-refractivity contribution < 1.29 is 19.8 Å². The van der Waals surface area contributed by atoms with Gasteiger partial charge in [-0.1, -0.05) is 12.1 Å². The number of amides is 1. The maximum Gasteiger partial charge on any atom is 0.277 e. The standard InChI is InChI=1S/C23H23N7O4S/c1-29(23-24-11-15(12-25-23)22(32)28-33)13-17-10-18-19(35-17)21(30-5-7-34-8-6-30)27-20(26-18)14-3-2-4-16(31)9-14/h2-4,9-12,31,33H,5-8,13H2,1H3,(H,28,32). The zero-order valence-electron chi connectivity index (χ0n) is 18.9. The van der Waals surface area contributed by atoms with Crippen LogP contribution in [0.5, 0.6) is 5.75 Å². The van der Waals surface area contributed by atoms with Crippen LogP contribution in [0.1, 0.15) is 15.2 Å². The summed E-state index contributed by atoms with van der Waals surface area (Å²) in [5.41, 5.74) is 3.30. The molecule has 0 spiro atoms. The van der Waals surface area contributed by atoms with Crippen molar-refractivity contribution >= 4 is 39.2 Å². The summed E-state index contributed by atoms with van der Waals surface area (Å²) in [5, 5.41) is 18.7. The molecule has 1 amide bonds. The molecule has 3 N–H and O–H groups in total. The molecule has 3 aromatic heterocycles. The average molecular weight is 494 g/mol. The molecule has 180 valence electrons. The van der Waals surface area contributed by atoms with Crippen molar-refractivity contribution in [3.63, 3.8) is 0 Å². The van der Waals surface area contributed by atoms with Gasteiger partial charge in [-0.15, -0.1) is 11.3 Å². The number of aromatic hydroxyl groups is 1. The molecule has 1 aliphatic heterocycles. The molecule has 1 fully saturated rings. The predicted molar refractivity (Wildman–Crippen MR) is 131 cm³/mol. The average Bonchev–Trinajstić information content (AvgIpc) is 3.30. The molecule has 12 heteroatoms. The second kappa shape index (κ2) is 9.78. The van der Waals surface area contributed by atoms with Crippen LogP contribution in [-0.4, -0.2) is 69.5 Å². The normalized spacial score (nSPS) is 13.7. The van der Waals surface area contributed by atoms with Crippen LogP contribution >= 0.6 is 11.3 Å². The van der Waals surface area contributed by atoms with Crippen molar-refractivity contribution in [2.24, 2.45) is 0 Å². The Morgan fingerprint density at radius 3 is 2.69 bits per heavy atom. The highest BCUT2D eigenvalue weighted by Crippen LogP contribution is 2.35. The molecule has 0 atom stereocenters. The Kier molecular flexibility index (Phi) is 6.40. The number of nitrogens with one attached hydrogen (secondary N) is 1. The van der Waals surface area contributed by atoms with Gasteiger partial charge in [0.1, 0.15) is 5.75 Å². The van der Waals surface area contributed by atoms with E-state index in [1.807, 2.05) is 24.1 Å². The molecular formula is C23H23N7O4S. The monoisotopic (exact) mass is 493 g/mol. The lowest BCUT2D eigenvalue weighted by atomic mass is 10.2. The van der Waals surface area contributed by atoms with Crippen LogP contribution in [0.4, 0.5) is 11.8 Å². The third-order valence-electron chi connectivity index (χ3n) is 5.56. The molecular weight excluding hydrogens is 470 g/mol.